The van der Waals surface area contributed by atoms with Crippen LogP contribution in [0.1, 0.15) is 33.2 Å². The van der Waals surface area contributed by atoms with Crippen LogP contribution in [0.15, 0.2) is 73.1 Å². The number of pyridine rings is 1. The smallest absolute Gasteiger partial charge is 0.338 e. The van der Waals surface area contributed by atoms with Crippen LogP contribution in [0.4, 0.5) is 5.69 Å². The zero-order chi connectivity index (χ0) is 28.6. The number of hydrogen-bond acceptors (Lipinski definition) is 7. The Kier molecular flexibility index (Phi) is 9.58. The Hall–Kier alpha value is -4.14. The zero-order valence-corrected chi connectivity index (χ0v) is 23.7. The molecule has 1 heterocycles. The molecule has 3 aromatic carbocycles. The number of phenols is 1. The number of esters is 1. The molecule has 0 fully saturated rings. The minimum Gasteiger partial charge on any atom is -0.506 e. The van der Waals surface area contributed by atoms with Crippen molar-refractivity contribution >= 4 is 34.9 Å². The third kappa shape index (κ3) is 6.89. The van der Waals surface area contributed by atoms with Gasteiger partial charge >= 0.3 is 5.97 Å². The van der Waals surface area contributed by atoms with Crippen LogP contribution < -0.4 is 24.5 Å². The summed E-state index contributed by atoms with van der Waals surface area (Å²) < 4.78 is 22.1. The highest BCUT2D eigenvalue weighted by Gasteiger charge is 2.24. The molecule has 8 nitrogen and oxygen atoms in total. The van der Waals surface area contributed by atoms with Crippen molar-refractivity contribution in [1.82, 2.24) is 0 Å². The number of carbonyl (C=O) groups excluding carboxylic acids is 1. The van der Waals surface area contributed by atoms with E-state index in [1.807, 2.05) is 6.07 Å². The van der Waals surface area contributed by atoms with Gasteiger partial charge in [-0.25, -0.2) is 9.78 Å². The van der Waals surface area contributed by atoms with Gasteiger partial charge in [-0.3, -0.25) is 0 Å². The molecule has 0 saturated heterocycles. The summed E-state index contributed by atoms with van der Waals surface area (Å²) in [5.41, 5.74) is 2.99. The lowest BCUT2D eigenvalue weighted by molar-refractivity contribution is -0.377. The van der Waals surface area contributed by atoms with E-state index in [1.165, 1.54) is 7.11 Å². The second kappa shape index (κ2) is 13.3. The van der Waals surface area contributed by atoms with Crippen molar-refractivity contribution in [1.29, 1.82) is 0 Å². The number of aromatic hydroxyl groups is 1. The molecule has 0 amide bonds. The van der Waals surface area contributed by atoms with Crippen LogP contribution in [-0.4, -0.2) is 32.4 Å². The lowest BCUT2D eigenvalue weighted by atomic mass is 10.0. The number of anilines is 1. The van der Waals surface area contributed by atoms with E-state index in [1.54, 1.807) is 81.2 Å². The van der Waals surface area contributed by atoms with Gasteiger partial charge in [-0.05, 0) is 47.5 Å². The summed E-state index contributed by atoms with van der Waals surface area (Å²) in [5, 5.41) is 14.2. The Bertz CT molecular complexity index is 1480. The Morgan fingerprint density at radius 2 is 1.68 bits per heavy atom. The van der Waals surface area contributed by atoms with Crippen molar-refractivity contribution in [2.24, 2.45) is 0 Å². The number of halogens is 2. The van der Waals surface area contributed by atoms with Gasteiger partial charge in [-0.1, -0.05) is 41.4 Å². The number of rotatable bonds is 11. The van der Waals surface area contributed by atoms with Crippen molar-refractivity contribution in [3.8, 4) is 23.0 Å². The number of phenolic OH excluding ortho intramolecular Hbond substituents is 1. The fraction of sp³-hybridized carbons (Fsp3) is 0.200. The molecule has 0 saturated carbocycles. The molecule has 4 aromatic rings. The van der Waals surface area contributed by atoms with Gasteiger partial charge in [0, 0.05) is 24.6 Å². The minimum atomic E-state index is -0.736. The van der Waals surface area contributed by atoms with E-state index in [0.29, 0.717) is 56.2 Å². The van der Waals surface area contributed by atoms with Crippen molar-refractivity contribution in [2.45, 2.75) is 19.1 Å². The van der Waals surface area contributed by atoms with Gasteiger partial charge in [0.1, 0.15) is 27.6 Å². The zero-order valence-electron chi connectivity index (χ0n) is 22.2. The Labute approximate surface area is 242 Å². The van der Waals surface area contributed by atoms with Gasteiger partial charge in [0.2, 0.25) is 0 Å². The largest absolute Gasteiger partial charge is 0.506 e. The van der Waals surface area contributed by atoms with Crippen LogP contribution in [-0.2, 0) is 17.7 Å². The van der Waals surface area contributed by atoms with E-state index in [2.05, 4.69) is 10.3 Å². The lowest BCUT2D eigenvalue weighted by Gasteiger charge is -2.21. The molecular weight excluding hydrogens is 555 g/mol. The first-order valence-corrected chi connectivity index (χ1v) is 13.0. The van der Waals surface area contributed by atoms with E-state index in [9.17, 15) is 9.90 Å². The molecule has 10 heteroatoms. The predicted molar refractivity (Wildman–Crippen MR) is 153 cm³/mol. The number of carbonyl (C=O) groups is 1. The molecule has 40 heavy (non-hydrogen) atoms. The van der Waals surface area contributed by atoms with Crippen molar-refractivity contribution < 1.29 is 33.8 Å². The molecule has 4 rings (SSSR count). The number of H-pyrrole nitrogens is 1. The average molecular weight is 584 g/mol. The molecular formula is C30H29Cl2N2O6+. The third-order valence-corrected chi connectivity index (χ3v) is 6.94. The molecule has 1 aromatic heterocycles. The molecule has 0 bridgehead atoms. The first-order chi connectivity index (χ1) is 19.3. The molecule has 0 aliphatic heterocycles. The maximum atomic E-state index is 13.4. The van der Waals surface area contributed by atoms with Crippen molar-refractivity contribution in [3.05, 3.63) is 105 Å². The van der Waals surface area contributed by atoms with Crippen LogP contribution in [0.2, 0.25) is 10.0 Å². The summed E-state index contributed by atoms with van der Waals surface area (Å²) in [4.78, 5) is 16.3. The van der Waals surface area contributed by atoms with Gasteiger partial charge in [-0.15, -0.1) is 0 Å². The Balaban J connectivity index is 1.58. The fourth-order valence-electron chi connectivity index (χ4n) is 4.12. The van der Waals surface area contributed by atoms with Gasteiger partial charge < -0.3 is 29.4 Å². The van der Waals surface area contributed by atoms with E-state index < -0.39 is 12.1 Å². The summed E-state index contributed by atoms with van der Waals surface area (Å²) in [7, 11) is 4.64. The number of aromatic amines is 1. The molecule has 3 N–H and O–H groups in total. The number of ether oxygens (including phenoxy) is 4. The van der Waals surface area contributed by atoms with E-state index >= 15 is 0 Å². The van der Waals surface area contributed by atoms with E-state index in [4.69, 9.17) is 42.1 Å². The van der Waals surface area contributed by atoms with Crippen LogP contribution in [0.25, 0.3) is 0 Å². The van der Waals surface area contributed by atoms with Gasteiger partial charge in [0.05, 0.1) is 32.6 Å². The average Bonchev–Trinajstić information content (AvgIpc) is 2.97. The molecule has 0 radical (unpaired) electrons. The number of methoxy groups -OCH3 is 3. The van der Waals surface area contributed by atoms with Gasteiger partial charge in [0.25, 0.3) is 0 Å². The highest BCUT2D eigenvalue weighted by molar-refractivity contribution is 6.35. The number of aromatic nitrogens is 1. The minimum absolute atomic E-state index is 0.0879. The second-order valence-electron chi connectivity index (χ2n) is 8.78. The normalized spacial score (nSPS) is 11.4. The molecule has 0 aliphatic rings. The summed E-state index contributed by atoms with van der Waals surface area (Å²) in [6.45, 7) is 0.354. The SMILES string of the molecule is COc1ccc(O)c(NCc2cccc(C(=O)O[C@@H](Cc3c(Cl)c[nH+]cc3Cl)c3ccc(OC)c(OC)c3)c2)c1. The van der Waals surface area contributed by atoms with Gasteiger partial charge in [-0.2, -0.15) is 0 Å². The van der Waals surface area contributed by atoms with Crippen molar-refractivity contribution in [2.75, 3.05) is 26.6 Å². The maximum absolute atomic E-state index is 13.4. The molecule has 0 unspecified atom stereocenters. The second-order valence-corrected chi connectivity index (χ2v) is 9.59. The van der Waals surface area contributed by atoms with Gasteiger partial charge in [0.15, 0.2) is 23.9 Å². The summed E-state index contributed by atoms with van der Waals surface area (Å²) in [6.07, 6.45) is 2.73. The van der Waals surface area contributed by atoms with Crippen LogP contribution in [0, 0.1) is 0 Å². The molecule has 1 atom stereocenters. The van der Waals surface area contributed by atoms with E-state index in [-0.39, 0.29) is 12.2 Å². The number of benzene rings is 3. The quantitative estimate of drug-likeness (QED) is 0.158. The summed E-state index contributed by atoms with van der Waals surface area (Å²) >= 11 is 12.8. The molecule has 0 aliphatic carbocycles. The monoisotopic (exact) mass is 583 g/mol. The highest BCUT2D eigenvalue weighted by Crippen LogP contribution is 2.35. The Morgan fingerprint density at radius 1 is 0.925 bits per heavy atom. The standard InChI is InChI=1S/C30H28Cl2N2O6/c1-37-21-8-9-26(35)25(13-21)34-15-18-5-4-6-20(11-18)30(36)40-28(14-22-23(31)16-33-17-24(22)32)19-7-10-27(38-2)29(12-19)39-3/h4-13,16-17,28,34-35H,14-15H2,1-3H3/p+1/t28-/m0/s1. The maximum Gasteiger partial charge on any atom is 0.338 e. The fourth-order valence-corrected chi connectivity index (χ4v) is 4.66. The summed E-state index contributed by atoms with van der Waals surface area (Å²) in [6, 6.07) is 17.3. The predicted octanol–water partition coefficient (Wildman–Crippen LogP) is 6.29. The first-order valence-electron chi connectivity index (χ1n) is 12.3. The number of hydrogen-bond donors (Lipinski definition) is 2. The van der Waals surface area contributed by atoms with Crippen molar-refractivity contribution in [3.63, 3.8) is 0 Å². The van der Waals surface area contributed by atoms with Crippen LogP contribution >= 0.6 is 23.2 Å². The topological polar surface area (TPSA) is 100 Å². The van der Waals surface area contributed by atoms with E-state index in [0.717, 1.165) is 5.56 Å². The first kappa shape index (κ1) is 28.9. The third-order valence-electron chi connectivity index (χ3n) is 6.26. The lowest BCUT2D eigenvalue weighted by Crippen LogP contribution is -2.16. The summed E-state index contributed by atoms with van der Waals surface area (Å²) in [5.74, 6) is 1.21. The Morgan fingerprint density at radius 3 is 2.38 bits per heavy atom. The van der Waals surface area contributed by atoms with Crippen LogP contribution in [0.5, 0.6) is 23.0 Å². The molecule has 0 spiro atoms. The highest BCUT2D eigenvalue weighted by atomic mass is 35.5. The van der Waals surface area contributed by atoms with Crippen LogP contribution in [0.3, 0.4) is 0 Å². The number of nitrogens with one attached hydrogen (secondary N) is 2. The molecule has 208 valence electrons.